The number of Topliss-reactive ketones (excluding diaryl/α,β-unsaturated/α-hetero) is 1. The van der Waals surface area contributed by atoms with Crippen LogP contribution in [0.1, 0.15) is 93.4 Å². The number of allylic oxidation sites excluding steroid dienone is 2. The van der Waals surface area contributed by atoms with Crippen molar-refractivity contribution in [1.82, 2.24) is 0 Å². The first-order chi connectivity index (χ1) is 14.7. The summed E-state index contributed by atoms with van der Waals surface area (Å²) in [7, 11) is 0. The average Bonchev–Trinajstić information content (AvgIpc) is 2.65. The van der Waals surface area contributed by atoms with Gasteiger partial charge in [-0.3, -0.25) is 14.4 Å². The number of carbonyl (C=O) groups is 3. The van der Waals surface area contributed by atoms with Crippen LogP contribution >= 0.6 is 0 Å². The highest BCUT2D eigenvalue weighted by atomic mass is 16.5. The summed E-state index contributed by atoms with van der Waals surface area (Å²) in [5.41, 5.74) is -0.321. The van der Waals surface area contributed by atoms with Crippen LogP contribution in [0.25, 0.3) is 0 Å². The number of ether oxygens (including phenoxy) is 2. The first-order valence-corrected chi connectivity index (χ1v) is 12.4. The fourth-order valence-electron chi connectivity index (χ4n) is 8.81. The van der Waals surface area contributed by atoms with Crippen LogP contribution in [0.3, 0.4) is 0 Å². The molecule has 7 atom stereocenters. The van der Waals surface area contributed by atoms with Gasteiger partial charge in [0, 0.05) is 30.8 Å². The first kappa shape index (κ1) is 23.5. The van der Waals surface area contributed by atoms with Crippen molar-refractivity contribution in [3.8, 4) is 0 Å². The maximum absolute atomic E-state index is 13.0. The van der Waals surface area contributed by atoms with Crippen molar-refractivity contribution in [1.29, 1.82) is 0 Å². The summed E-state index contributed by atoms with van der Waals surface area (Å²) < 4.78 is 12.1. The van der Waals surface area contributed by atoms with E-state index in [1.54, 1.807) is 0 Å². The van der Waals surface area contributed by atoms with E-state index in [0.717, 1.165) is 38.5 Å². The van der Waals surface area contributed by atoms with Gasteiger partial charge in [-0.05, 0) is 75.0 Å². The van der Waals surface area contributed by atoms with Gasteiger partial charge in [-0.15, -0.1) is 0 Å². The van der Waals surface area contributed by atoms with E-state index in [-0.39, 0.29) is 51.6 Å². The lowest BCUT2D eigenvalue weighted by Gasteiger charge is -2.69. The molecule has 0 radical (unpaired) electrons. The standard InChI is InChI=1S/C27H40O5/c1-16(28)14-19-18(30)15-22-26(6)11-8-20-24(3,4)23(31-17(2)29)10-12-25(20,5)21(26)9-13-27(22,7)32-19/h14,20-23H,8-13,15H2,1-7H3/b19-14+/t20-,21+,22-,23-,25-,26+,27-/m0/s1. The predicted molar refractivity (Wildman–Crippen MR) is 122 cm³/mol. The Hall–Kier alpha value is -1.65. The third-order valence-electron chi connectivity index (χ3n) is 10.1. The average molecular weight is 445 g/mol. The van der Waals surface area contributed by atoms with Crippen molar-refractivity contribution >= 4 is 17.5 Å². The first-order valence-electron chi connectivity index (χ1n) is 12.4. The molecule has 32 heavy (non-hydrogen) atoms. The molecule has 0 aromatic heterocycles. The molecule has 0 aromatic rings. The van der Waals surface area contributed by atoms with E-state index in [1.165, 1.54) is 19.9 Å². The second-order valence-electron chi connectivity index (χ2n) is 12.4. The molecule has 0 bridgehead atoms. The quantitative estimate of drug-likeness (QED) is 0.421. The van der Waals surface area contributed by atoms with Crippen LogP contribution in [0, 0.1) is 34.0 Å². The largest absolute Gasteiger partial charge is 0.483 e. The van der Waals surface area contributed by atoms with E-state index in [0.29, 0.717) is 18.3 Å². The number of hydrogen-bond donors (Lipinski definition) is 0. The molecule has 5 nitrogen and oxygen atoms in total. The fourth-order valence-corrected chi connectivity index (χ4v) is 8.81. The number of esters is 1. The zero-order valence-electron chi connectivity index (χ0n) is 20.9. The Morgan fingerprint density at radius 2 is 1.50 bits per heavy atom. The van der Waals surface area contributed by atoms with Gasteiger partial charge in [0.15, 0.2) is 17.3 Å². The van der Waals surface area contributed by atoms with E-state index < -0.39 is 5.60 Å². The molecular formula is C27H40O5. The predicted octanol–water partition coefficient (Wildman–Crippen LogP) is 5.41. The summed E-state index contributed by atoms with van der Waals surface area (Å²) in [6.07, 6.45) is 7.83. The Morgan fingerprint density at radius 1 is 0.906 bits per heavy atom. The molecule has 1 saturated heterocycles. The fraction of sp³-hybridized carbons (Fsp3) is 0.815. The topological polar surface area (TPSA) is 69.7 Å². The number of hydrogen-bond acceptors (Lipinski definition) is 5. The second-order valence-corrected chi connectivity index (χ2v) is 12.4. The van der Waals surface area contributed by atoms with E-state index in [4.69, 9.17) is 9.47 Å². The summed E-state index contributed by atoms with van der Waals surface area (Å²) in [4.78, 5) is 36.3. The summed E-state index contributed by atoms with van der Waals surface area (Å²) in [6.45, 7) is 14.5. The summed E-state index contributed by atoms with van der Waals surface area (Å²) >= 11 is 0. The SMILES string of the molecule is CC(=O)/C=C1/O[C@@]2(C)CC[C@@H]3[C@@]4(C)CC[C@H](OC(C)=O)C(C)(C)[C@@H]4CC[C@@]3(C)[C@@H]2CC1=O. The highest BCUT2D eigenvalue weighted by Crippen LogP contribution is 2.71. The van der Waals surface area contributed by atoms with Crippen molar-refractivity contribution in [3.63, 3.8) is 0 Å². The Bertz CT molecular complexity index is 871. The van der Waals surface area contributed by atoms with Crippen LogP contribution in [0.5, 0.6) is 0 Å². The van der Waals surface area contributed by atoms with Crippen molar-refractivity contribution in [2.45, 2.75) is 105 Å². The molecule has 3 aliphatic carbocycles. The highest BCUT2D eigenvalue weighted by molar-refractivity contribution is 6.01. The smallest absolute Gasteiger partial charge is 0.302 e. The summed E-state index contributed by atoms with van der Waals surface area (Å²) in [5, 5.41) is 0. The lowest BCUT2D eigenvalue weighted by atomic mass is 9.37. The van der Waals surface area contributed by atoms with Gasteiger partial charge in [-0.25, -0.2) is 0 Å². The lowest BCUT2D eigenvalue weighted by molar-refractivity contribution is -0.238. The molecule has 1 heterocycles. The molecule has 4 fully saturated rings. The third kappa shape index (κ3) is 3.37. The Kier molecular flexibility index (Phi) is 5.46. The lowest BCUT2D eigenvalue weighted by Crippen LogP contribution is -2.65. The van der Waals surface area contributed by atoms with E-state index in [1.807, 2.05) is 0 Å². The zero-order valence-corrected chi connectivity index (χ0v) is 20.9. The minimum Gasteiger partial charge on any atom is -0.483 e. The maximum Gasteiger partial charge on any atom is 0.302 e. The Balaban J connectivity index is 1.66. The molecule has 5 heteroatoms. The number of carbonyl (C=O) groups excluding carboxylic acids is 3. The van der Waals surface area contributed by atoms with Gasteiger partial charge in [-0.2, -0.15) is 0 Å². The summed E-state index contributed by atoms with van der Waals surface area (Å²) in [5.74, 6) is 1.01. The maximum atomic E-state index is 13.0. The molecule has 0 aromatic carbocycles. The van der Waals surface area contributed by atoms with Gasteiger partial charge >= 0.3 is 5.97 Å². The van der Waals surface area contributed by atoms with E-state index >= 15 is 0 Å². The minimum atomic E-state index is -0.409. The molecule has 0 spiro atoms. The Labute approximate surface area is 192 Å². The van der Waals surface area contributed by atoms with Gasteiger partial charge in [0.1, 0.15) is 11.7 Å². The molecular weight excluding hydrogens is 404 g/mol. The van der Waals surface area contributed by atoms with Gasteiger partial charge in [0.25, 0.3) is 0 Å². The Morgan fingerprint density at radius 3 is 2.12 bits per heavy atom. The molecule has 0 N–H and O–H groups in total. The normalized spacial score (nSPS) is 46.3. The van der Waals surface area contributed by atoms with Gasteiger partial charge in [0.05, 0.1) is 0 Å². The third-order valence-corrected chi connectivity index (χ3v) is 10.1. The van der Waals surface area contributed by atoms with Gasteiger partial charge in [0.2, 0.25) is 0 Å². The van der Waals surface area contributed by atoms with Gasteiger partial charge in [-0.1, -0.05) is 27.7 Å². The summed E-state index contributed by atoms with van der Waals surface area (Å²) in [6, 6.07) is 0. The monoisotopic (exact) mass is 444 g/mol. The van der Waals surface area contributed by atoms with E-state index in [9.17, 15) is 14.4 Å². The van der Waals surface area contributed by atoms with Crippen LogP contribution in [0.4, 0.5) is 0 Å². The van der Waals surface area contributed by atoms with Crippen LogP contribution < -0.4 is 0 Å². The molecule has 0 unspecified atom stereocenters. The highest BCUT2D eigenvalue weighted by Gasteiger charge is 2.67. The van der Waals surface area contributed by atoms with Crippen molar-refractivity contribution in [2.75, 3.05) is 0 Å². The van der Waals surface area contributed by atoms with Crippen LogP contribution in [-0.2, 0) is 23.9 Å². The van der Waals surface area contributed by atoms with Crippen molar-refractivity contribution < 1.29 is 23.9 Å². The molecule has 1 aliphatic heterocycles. The second kappa shape index (κ2) is 7.43. The van der Waals surface area contributed by atoms with E-state index in [2.05, 4.69) is 34.6 Å². The number of rotatable bonds is 2. The number of ketones is 2. The molecule has 178 valence electrons. The molecule has 3 saturated carbocycles. The van der Waals surface area contributed by atoms with Gasteiger partial charge < -0.3 is 9.47 Å². The zero-order chi connectivity index (χ0) is 23.7. The number of fused-ring (bicyclic) bond motifs is 5. The molecule has 4 aliphatic rings. The molecule has 0 amide bonds. The van der Waals surface area contributed by atoms with Crippen molar-refractivity contribution in [3.05, 3.63) is 11.8 Å². The van der Waals surface area contributed by atoms with Crippen molar-refractivity contribution in [2.24, 2.45) is 34.0 Å². The minimum absolute atomic E-state index is 0.0139. The van der Waals surface area contributed by atoms with Crippen LogP contribution in [0.2, 0.25) is 0 Å². The van der Waals surface area contributed by atoms with Crippen LogP contribution in [0.15, 0.2) is 11.8 Å². The van der Waals surface area contributed by atoms with Crippen LogP contribution in [-0.4, -0.2) is 29.2 Å². The molecule has 4 rings (SSSR count).